The number of hydrogen-bond acceptors (Lipinski definition) is 2. The Balaban J connectivity index is 4.88. The normalized spacial score (nSPS) is 12.5. The number of esters is 1. The number of quaternary nitrogens is 1. The minimum atomic E-state index is -0.382. The summed E-state index contributed by atoms with van der Waals surface area (Å²) in [5.74, 6) is -0.0363. The van der Waals surface area contributed by atoms with Crippen LogP contribution in [0.3, 0.4) is 0 Å². The standard InChI is InChI=1S/C18H38NO2/c1-7-10-13-19(14-11-8-2,15-12-9-3)16-17(20)21-18(4,5)6/h7-16H2,1-6H3/q+1. The van der Waals surface area contributed by atoms with Crippen LogP contribution in [0.4, 0.5) is 0 Å². The molecule has 126 valence electrons. The van der Waals surface area contributed by atoms with Crippen molar-refractivity contribution < 1.29 is 14.0 Å². The van der Waals surface area contributed by atoms with E-state index in [1.807, 2.05) is 20.8 Å². The third-order valence-corrected chi connectivity index (χ3v) is 3.84. The van der Waals surface area contributed by atoms with Crippen LogP contribution in [0, 0.1) is 0 Å². The number of unbranched alkanes of at least 4 members (excludes halogenated alkanes) is 3. The molecule has 0 aromatic carbocycles. The van der Waals surface area contributed by atoms with Crippen LogP contribution < -0.4 is 0 Å². The van der Waals surface area contributed by atoms with E-state index in [9.17, 15) is 4.79 Å². The zero-order chi connectivity index (χ0) is 16.4. The summed E-state index contributed by atoms with van der Waals surface area (Å²) in [7, 11) is 0. The van der Waals surface area contributed by atoms with Crippen molar-refractivity contribution >= 4 is 5.97 Å². The third kappa shape index (κ3) is 9.89. The van der Waals surface area contributed by atoms with Gasteiger partial charge in [-0.1, -0.05) is 40.0 Å². The quantitative estimate of drug-likeness (QED) is 0.413. The van der Waals surface area contributed by atoms with Gasteiger partial charge < -0.3 is 9.22 Å². The summed E-state index contributed by atoms with van der Waals surface area (Å²) in [6.07, 6.45) is 7.13. The Labute approximate surface area is 132 Å². The lowest BCUT2D eigenvalue weighted by atomic mass is 10.1. The molecule has 0 aliphatic carbocycles. The Morgan fingerprint density at radius 1 is 0.857 bits per heavy atom. The van der Waals surface area contributed by atoms with Crippen LogP contribution in [0.25, 0.3) is 0 Å². The van der Waals surface area contributed by atoms with Gasteiger partial charge in [-0.05, 0) is 40.0 Å². The number of carbonyl (C=O) groups is 1. The van der Waals surface area contributed by atoms with Crippen molar-refractivity contribution in [2.24, 2.45) is 0 Å². The van der Waals surface area contributed by atoms with Crippen molar-refractivity contribution in [1.29, 1.82) is 0 Å². The average Bonchev–Trinajstić information content (AvgIpc) is 2.38. The second-order valence-electron chi connectivity index (χ2n) is 7.32. The highest BCUT2D eigenvalue weighted by atomic mass is 16.6. The number of nitrogens with zero attached hydrogens (tertiary/aromatic N) is 1. The first-order valence-corrected chi connectivity index (χ1v) is 8.85. The van der Waals surface area contributed by atoms with Crippen LogP contribution in [0.15, 0.2) is 0 Å². The van der Waals surface area contributed by atoms with Gasteiger partial charge in [0.05, 0.1) is 19.6 Å². The monoisotopic (exact) mass is 300 g/mol. The lowest BCUT2D eigenvalue weighted by molar-refractivity contribution is -0.922. The van der Waals surface area contributed by atoms with Crippen molar-refractivity contribution in [1.82, 2.24) is 0 Å². The zero-order valence-corrected chi connectivity index (χ0v) is 15.3. The minimum absolute atomic E-state index is 0.0363. The summed E-state index contributed by atoms with van der Waals surface area (Å²) >= 11 is 0. The van der Waals surface area contributed by atoms with Gasteiger partial charge in [0, 0.05) is 0 Å². The van der Waals surface area contributed by atoms with Crippen molar-refractivity contribution in [2.75, 3.05) is 26.2 Å². The molecular formula is C18H38NO2+. The summed E-state index contributed by atoms with van der Waals surface area (Å²) in [5, 5.41) is 0. The Bertz CT molecular complexity index is 260. The van der Waals surface area contributed by atoms with Gasteiger partial charge >= 0.3 is 5.97 Å². The molecule has 0 unspecified atom stereocenters. The largest absolute Gasteiger partial charge is 0.456 e. The fourth-order valence-electron chi connectivity index (χ4n) is 2.70. The Kier molecular flexibility index (Phi) is 9.93. The zero-order valence-electron chi connectivity index (χ0n) is 15.3. The molecule has 0 aromatic rings. The first-order chi connectivity index (χ1) is 9.78. The molecule has 0 saturated heterocycles. The number of hydrogen-bond donors (Lipinski definition) is 0. The van der Waals surface area contributed by atoms with Gasteiger partial charge in [-0.25, -0.2) is 4.79 Å². The predicted octanol–water partition coefficient (Wildman–Crippen LogP) is 4.55. The minimum Gasteiger partial charge on any atom is -0.456 e. The van der Waals surface area contributed by atoms with Crippen LogP contribution >= 0.6 is 0 Å². The van der Waals surface area contributed by atoms with Gasteiger partial charge in [0.15, 0.2) is 6.54 Å². The number of carbonyl (C=O) groups excluding carboxylic acids is 1. The van der Waals surface area contributed by atoms with Gasteiger partial charge in [-0.3, -0.25) is 0 Å². The summed E-state index contributed by atoms with van der Waals surface area (Å²) < 4.78 is 6.50. The second kappa shape index (κ2) is 10.2. The van der Waals surface area contributed by atoms with Crippen LogP contribution in [0.1, 0.15) is 80.1 Å². The van der Waals surface area contributed by atoms with Crippen LogP contribution in [-0.4, -0.2) is 42.2 Å². The van der Waals surface area contributed by atoms with E-state index in [1.54, 1.807) is 0 Å². The SMILES string of the molecule is CCCC[N+](CCCC)(CCCC)CC(=O)OC(C)(C)C. The molecule has 0 atom stereocenters. The van der Waals surface area contributed by atoms with Crippen molar-refractivity contribution in [3.8, 4) is 0 Å². The molecule has 0 aliphatic rings. The maximum absolute atomic E-state index is 12.3. The Morgan fingerprint density at radius 2 is 1.24 bits per heavy atom. The van der Waals surface area contributed by atoms with Gasteiger partial charge in [0.25, 0.3) is 0 Å². The molecule has 0 heterocycles. The summed E-state index contributed by atoms with van der Waals surface area (Å²) in [6.45, 7) is 16.4. The van der Waals surface area contributed by atoms with Crippen LogP contribution in [0.2, 0.25) is 0 Å². The summed E-state index contributed by atoms with van der Waals surface area (Å²) in [5.41, 5.74) is -0.382. The van der Waals surface area contributed by atoms with Crippen molar-refractivity contribution in [2.45, 2.75) is 85.7 Å². The number of rotatable bonds is 11. The highest BCUT2D eigenvalue weighted by Gasteiger charge is 2.31. The van der Waals surface area contributed by atoms with E-state index in [1.165, 1.54) is 38.5 Å². The van der Waals surface area contributed by atoms with Crippen molar-refractivity contribution in [3.05, 3.63) is 0 Å². The third-order valence-electron chi connectivity index (χ3n) is 3.84. The van der Waals surface area contributed by atoms with E-state index in [4.69, 9.17) is 4.74 Å². The van der Waals surface area contributed by atoms with E-state index >= 15 is 0 Å². The predicted molar refractivity (Wildman–Crippen MR) is 90.3 cm³/mol. The molecule has 0 saturated carbocycles. The maximum atomic E-state index is 12.3. The molecule has 0 amide bonds. The molecule has 0 radical (unpaired) electrons. The molecule has 3 nitrogen and oxygen atoms in total. The first-order valence-electron chi connectivity index (χ1n) is 8.85. The Morgan fingerprint density at radius 3 is 1.52 bits per heavy atom. The van der Waals surface area contributed by atoms with Crippen LogP contribution in [-0.2, 0) is 9.53 Å². The summed E-state index contributed by atoms with van der Waals surface area (Å²) in [6, 6.07) is 0. The molecule has 3 heteroatoms. The summed E-state index contributed by atoms with van der Waals surface area (Å²) in [4.78, 5) is 12.3. The number of ether oxygens (including phenoxy) is 1. The first kappa shape index (κ1) is 20.4. The fraction of sp³-hybridized carbons (Fsp3) is 0.944. The topological polar surface area (TPSA) is 26.3 Å². The lowest BCUT2D eigenvalue weighted by Gasteiger charge is -2.38. The molecule has 0 spiro atoms. The van der Waals surface area contributed by atoms with Gasteiger partial charge in [0.2, 0.25) is 0 Å². The van der Waals surface area contributed by atoms with Crippen molar-refractivity contribution in [3.63, 3.8) is 0 Å². The van der Waals surface area contributed by atoms with E-state index < -0.39 is 0 Å². The van der Waals surface area contributed by atoms with Gasteiger partial charge in [-0.15, -0.1) is 0 Å². The smallest absolute Gasteiger partial charge is 0.362 e. The average molecular weight is 301 g/mol. The molecule has 21 heavy (non-hydrogen) atoms. The Hall–Kier alpha value is -0.570. The van der Waals surface area contributed by atoms with E-state index in [0.29, 0.717) is 6.54 Å². The van der Waals surface area contributed by atoms with Gasteiger partial charge in [-0.2, -0.15) is 0 Å². The molecule has 0 rings (SSSR count). The van der Waals surface area contributed by atoms with E-state index in [0.717, 1.165) is 24.1 Å². The molecule has 0 N–H and O–H groups in total. The highest BCUT2D eigenvalue weighted by Crippen LogP contribution is 2.17. The van der Waals surface area contributed by atoms with E-state index in [-0.39, 0.29) is 11.6 Å². The molecule has 0 aromatic heterocycles. The highest BCUT2D eigenvalue weighted by molar-refractivity contribution is 5.71. The molecular weight excluding hydrogens is 262 g/mol. The molecule has 0 fully saturated rings. The van der Waals surface area contributed by atoms with Crippen LogP contribution in [0.5, 0.6) is 0 Å². The fourth-order valence-corrected chi connectivity index (χ4v) is 2.70. The van der Waals surface area contributed by atoms with E-state index in [2.05, 4.69) is 20.8 Å². The molecule has 0 bridgehead atoms. The molecule has 0 aliphatic heterocycles. The second-order valence-corrected chi connectivity index (χ2v) is 7.32. The maximum Gasteiger partial charge on any atom is 0.362 e. The lowest BCUT2D eigenvalue weighted by Crippen LogP contribution is -2.54. The van der Waals surface area contributed by atoms with Gasteiger partial charge in [0.1, 0.15) is 5.60 Å².